The quantitative estimate of drug-likeness (QED) is 0.922. The first-order valence-electron chi connectivity index (χ1n) is 7.30. The topological polar surface area (TPSA) is 66.6 Å². The molecule has 5 nitrogen and oxygen atoms in total. The van der Waals surface area contributed by atoms with Crippen LogP contribution in [0, 0.1) is 0 Å². The van der Waals surface area contributed by atoms with Crippen molar-refractivity contribution in [3.63, 3.8) is 0 Å². The Hall–Kier alpha value is -1.36. The largest absolute Gasteiger partial charge is 0.480 e. The molecule has 1 aliphatic rings. The summed E-state index contributed by atoms with van der Waals surface area (Å²) in [5.41, 5.74) is -0.0732. The molecule has 0 radical (unpaired) electrons. The molecule has 1 atom stereocenters. The number of likely N-dealkylation sites (tertiary alicyclic amines) is 1. The summed E-state index contributed by atoms with van der Waals surface area (Å²) < 4.78 is 5.77. The minimum Gasteiger partial charge on any atom is -0.480 e. The van der Waals surface area contributed by atoms with E-state index in [0.717, 1.165) is 31.6 Å². The number of hydrogen-bond donors (Lipinski definition) is 1. The molecule has 1 N–H and O–H groups in total. The monoisotopic (exact) mass is 280 g/mol. The lowest BCUT2D eigenvalue weighted by Crippen LogP contribution is -2.40. The molecule has 0 aliphatic carbocycles. The predicted molar refractivity (Wildman–Crippen MR) is 75.5 cm³/mol. The van der Waals surface area contributed by atoms with E-state index in [4.69, 9.17) is 4.42 Å². The van der Waals surface area contributed by atoms with Gasteiger partial charge in [0.15, 0.2) is 0 Å². The van der Waals surface area contributed by atoms with Gasteiger partial charge >= 0.3 is 5.97 Å². The van der Waals surface area contributed by atoms with Gasteiger partial charge in [-0.1, -0.05) is 33.6 Å². The van der Waals surface area contributed by atoms with E-state index in [1.165, 1.54) is 0 Å². The SMILES string of the molecule is CC(C)(C)c1cnc(CN2CCCCCC2C(=O)O)o1. The third-order valence-corrected chi connectivity index (χ3v) is 3.78. The Morgan fingerprint density at radius 3 is 2.80 bits per heavy atom. The Labute approximate surface area is 120 Å². The Balaban J connectivity index is 2.10. The van der Waals surface area contributed by atoms with Crippen molar-refractivity contribution in [3.05, 3.63) is 17.8 Å². The van der Waals surface area contributed by atoms with E-state index in [2.05, 4.69) is 25.8 Å². The summed E-state index contributed by atoms with van der Waals surface area (Å²) in [6.45, 7) is 7.49. The number of carboxylic acids is 1. The normalized spacial score (nSPS) is 21.6. The molecule has 1 aromatic heterocycles. The Kier molecular flexibility index (Phi) is 4.48. The average molecular weight is 280 g/mol. The van der Waals surface area contributed by atoms with Gasteiger partial charge in [-0.2, -0.15) is 0 Å². The molecule has 20 heavy (non-hydrogen) atoms. The molecule has 5 heteroatoms. The van der Waals surface area contributed by atoms with Gasteiger partial charge in [-0.25, -0.2) is 4.98 Å². The van der Waals surface area contributed by atoms with Crippen LogP contribution in [0.5, 0.6) is 0 Å². The molecule has 0 spiro atoms. The zero-order chi connectivity index (χ0) is 14.8. The molecule has 1 unspecified atom stereocenters. The van der Waals surface area contributed by atoms with Crippen LogP contribution in [0.25, 0.3) is 0 Å². The second-order valence-corrected chi connectivity index (χ2v) is 6.54. The maximum absolute atomic E-state index is 11.4. The Morgan fingerprint density at radius 2 is 2.20 bits per heavy atom. The summed E-state index contributed by atoms with van der Waals surface area (Å²) >= 11 is 0. The van der Waals surface area contributed by atoms with Gasteiger partial charge in [-0.05, 0) is 19.4 Å². The summed E-state index contributed by atoms with van der Waals surface area (Å²) in [6.07, 6.45) is 5.58. The van der Waals surface area contributed by atoms with Crippen molar-refractivity contribution in [3.8, 4) is 0 Å². The first-order valence-corrected chi connectivity index (χ1v) is 7.30. The van der Waals surface area contributed by atoms with Crippen LogP contribution in [0.2, 0.25) is 0 Å². The van der Waals surface area contributed by atoms with E-state index in [1.54, 1.807) is 6.20 Å². The van der Waals surface area contributed by atoms with Crippen molar-refractivity contribution in [1.29, 1.82) is 0 Å². The molecule has 1 aliphatic heterocycles. The van der Waals surface area contributed by atoms with Gasteiger partial charge in [0.05, 0.1) is 12.7 Å². The molecule has 0 aromatic carbocycles. The molecule has 1 fully saturated rings. The molecule has 1 saturated heterocycles. The van der Waals surface area contributed by atoms with Crippen LogP contribution < -0.4 is 0 Å². The number of carboxylic acid groups (broad SMARTS) is 1. The minimum atomic E-state index is -0.741. The van der Waals surface area contributed by atoms with Gasteiger partial charge in [0.25, 0.3) is 0 Å². The number of rotatable bonds is 3. The standard InChI is InChI=1S/C15H24N2O3/c1-15(2,3)12-9-16-13(20-12)10-17-8-6-4-5-7-11(17)14(18)19/h9,11H,4-8,10H2,1-3H3,(H,18,19). The summed E-state index contributed by atoms with van der Waals surface area (Å²) in [4.78, 5) is 17.7. The predicted octanol–water partition coefficient (Wildman–Crippen LogP) is 2.80. The van der Waals surface area contributed by atoms with Crippen LogP contribution >= 0.6 is 0 Å². The molecule has 0 saturated carbocycles. The fraction of sp³-hybridized carbons (Fsp3) is 0.733. The third kappa shape index (κ3) is 3.60. The molecular formula is C15H24N2O3. The summed E-state index contributed by atoms with van der Waals surface area (Å²) in [5, 5.41) is 9.35. The minimum absolute atomic E-state index is 0.0732. The van der Waals surface area contributed by atoms with Crippen molar-refractivity contribution in [2.24, 2.45) is 0 Å². The van der Waals surface area contributed by atoms with Crippen LogP contribution in [0.1, 0.15) is 58.1 Å². The highest BCUT2D eigenvalue weighted by molar-refractivity contribution is 5.73. The lowest BCUT2D eigenvalue weighted by Gasteiger charge is -2.25. The Bertz CT molecular complexity index is 462. The number of hydrogen-bond acceptors (Lipinski definition) is 4. The highest BCUT2D eigenvalue weighted by Crippen LogP contribution is 2.24. The van der Waals surface area contributed by atoms with E-state index in [1.807, 2.05) is 4.90 Å². The van der Waals surface area contributed by atoms with E-state index in [-0.39, 0.29) is 5.41 Å². The second kappa shape index (κ2) is 5.95. The van der Waals surface area contributed by atoms with E-state index in [0.29, 0.717) is 18.9 Å². The zero-order valence-corrected chi connectivity index (χ0v) is 12.6. The van der Waals surface area contributed by atoms with Crippen LogP contribution in [0.15, 0.2) is 10.6 Å². The van der Waals surface area contributed by atoms with Gasteiger partial charge in [-0.3, -0.25) is 9.69 Å². The molecule has 112 valence electrons. The molecule has 0 bridgehead atoms. The number of aromatic nitrogens is 1. The highest BCUT2D eigenvalue weighted by Gasteiger charge is 2.28. The molecule has 0 amide bonds. The van der Waals surface area contributed by atoms with Crippen LogP contribution in [0.4, 0.5) is 0 Å². The molecule has 2 rings (SSSR count). The van der Waals surface area contributed by atoms with Crippen molar-refractivity contribution >= 4 is 5.97 Å². The van der Waals surface area contributed by atoms with Crippen molar-refractivity contribution in [2.75, 3.05) is 6.54 Å². The second-order valence-electron chi connectivity index (χ2n) is 6.54. The number of nitrogens with zero attached hydrogens (tertiary/aromatic N) is 2. The van der Waals surface area contributed by atoms with Crippen molar-refractivity contribution in [2.45, 2.75) is 64.5 Å². The number of carbonyl (C=O) groups is 1. The van der Waals surface area contributed by atoms with Crippen molar-refractivity contribution in [1.82, 2.24) is 9.88 Å². The van der Waals surface area contributed by atoms with Gasteiger partial charge in [0.1, 0.15) is 11.8 Å². The Morgan fingerprint density at radius 1 is 1.45 bits per heavy atom. The van der Waals surface area contributed by atoms with E-state index >= 15 is 0 Å². The third-order valence-electron chi connectivity index (χ3n) is 3.78. The maximum Gasteiger partial charge on any atom is 0.320 e. The maximum atomic E-state index is 11.4. The average Bonchev–Trinajstić information content (AvgIpc) is 2.68. The summed E-state index contributed by atoms with van der Waals surface area (Å²) in [6, 6.07) is -0.414. The van der Waals surface area contributed by atoms with Gasteiger partial charge < -0.3 is 9.52 Å². The number of oxazole rings is 1. The fourth-order valence-corrected chi connectivity index (χ4v) is 2.54. The first-order chi connectivity index (χ1) is 9.38. The molecular weight excluding hydrogens is 256 g/mol. The van der Waals surface area contributed by atoms with Gasteiger partial charge in [-0.15, -0.1) is 0 Å². The zero-order valence-electron chi connectivity index (χ0n) is 12.6. The van der Waals surface area contributed by atoms with Crippen LogP contribution in [-0.4, -0.2) is 33.5 Å². The van der Waals surface area contributed by atoms with E-state index < -0.39 is 12.0 Å². The number of aliphatic carboxylic acids is 1. The van der Waals surface area contributed by atoms with Crippen LogP contribution in [0.3, 0.4) is 0 Å². The fourth-order valence-electron chi connectivity index (χ4n) is 2.54. The van der Waals surface area contributed by atoms with Gasteiger partial charge in [0, 0.05) is 5.41 Å². The molecule has 2 heterocycles. The van der Waals surface area contributed by atoms with E-state index in [9.17, 15) is 9.90 Å². The highest BCUT2D eigenvalue weighted by atomic mass is 16.4. The van der Waals surface area contributed by atoms with Crippen molar-refractivity contribution < 1.29 is 14.3 Å². The lowest BCUT2D eigenvalue weighted by atomic mass is 9.94. The smallest absolute Gasteiger partial charge is 0.320 e. The summed E-state index contributed by atoms with van der Waals surface area (Å²) in [7, 11) is 0. The first kappa shape index (κ1) is 15.0. The van der Waals surface area contributed by atoms with Gasteiger partial charge in [0.2, 0.25) is 5.89 Å². The summed E-state index contributed by atoms with van der Waals surface area (Å²) in [5.74, 6) is 0.715. The lowest BCUT2D eigenvalue weighted by molar-refractivity contribution is -0.143. The van der Waals surface area contributed by atoms with Crippen LogP contribution in [-0.2, 0) is 16.8 Å². The molecule has 1 aromatic rings.